The summed E-state index contributed by atoms with van der Waals surface area (Å²) in [6.07, 6.45) is 1.22. The Morgan fingerprint density at radius 2 is 2.25 bits per heavy atom. The number of rotatable bonds is 3. The molecule has 16 heavy (non-hydrogen) atoms. The average Bonchev–Trinajstić information content (AvgIpc) is 2.19. The summed E-state index contributed by atoms with van der Waals surface area (Å²) in [5.74, 6) is -1.57. The lowest BCUT2D eigenvalue weighted by atomic mass is 10.1. The summed E-state index contributed by atoms with van der Waals surface area (Å²) in [6, 6.07) is 4.29. The molecular formula is C9H9N3O3S. The summed E-state index contributed by atoms with van der Waals surface area (Å²) >= 11 is 4.51. The van der Waals surface area contributed by atoms with Crippen molar-refractivity contribution in [2.45, 2.75) is 0 Å². The van der Waals surface area contributed by atoms with Gasteiger partial charge in [-0.2, -0.15) is 5.10 Å². The summed E-state index contributed by atoms with van der Waals surface area (Å²) in [4.78, 5) is 10.7. The number of aromatic carboxylic acids is 1. The Bertz CT molecular complexity index is 459. The van der Waals surface area contributed by atoms with Crippen LogP contribution >= 0.6 is 12.2 Å². The first-order valence-corrected chi connectivity index (χ1v) is 4.57. The lowest BCUT2D eigenvalue weighted by molar-refractivity contribution is 0.0693. The topological polar surface area (TPSA) is 108 Å². The van der Waals surface area contributed by atoms with Gasteiger partial charge < -0.3 is 15.9 Å². The minimum absolute atomic E-state index is 0.0230. The van der Waals surface area contributed by atoms with E-state index < -0.39 is 5.97 Å². The van der Waals surface area contributed by atoms with Crippen molar-refractivity contribution < 1.29 is 15.0 Å². The Labute approximate surface area is 96.4 Å². The fourth-order valence-electron chi connectivity index (χ4n) is 1.00. The van der Waals surface area contributed by atoms with Gasteiger partial charge in [0.05, 0.1) is 6.21 Å². The Hall–Kier alpha value is -2.15. The number of aromatic hydroxyl groups is 1. The third-order valence-corrected chi connectivity index (χ3v) is 1.77. The van der Waals surface area contributed by atoms with Crippen LogP contribution in [0.4, 0.5) is 0 Å². The molecule has 0 heterocycles. The molecule has 0 amide bonds. The van der Waals surface area contributed by atoms with Gasteiger partial charge in [-0.25, -0.2) is 4.79 Å². The van der Waals surface area contributed by atoms with Crippen LogP contribution < -0.4 is 11.2 Å². The minimum atomic E-state index is -1.21. The average molecular weight is 239 g/mol. The summed E-state index contributed by atoms with van der Waals surface area (Å²) < 4.78 is 0. The highest BCUT2D eigenvalue weighted by Gasteiger charge is 2.11. The van der Waals surface area contributed by atoms with Crippen molar-refractivity contribution in [3.63, 3.8) is 0 Å². The number of hydrazone groups is 1. The molecule has 0 bridgehead atoms. The van der Waals surface area contributed by atoms with Crippen molar-refractivity contribution in [1.29, 1.82) is 0 Å². The first-order valence-electron chi connectivity index (χ1n) is 4.16. The number of carboxylic acids is 1. The first kappa shape index (κ1) is 11.9. The van der Waals surface area contributed by atoms with Crippen LogP contribution in [0.2, 0.25) is 0 Å². The van der Waals surface area contributed by atoms with Crippen LogP contribution in [0.15, 0.2) is 23.3 Å². The molecule has 6 nitrogen and oxygen atoms in total. The fraction of sp³-hybridized carbons (Fsp3) is 0. The highest BCUT2D eigenvalue weighted by atomic mass is 32.1. The van der Waals surface area contributed by atoms with Crippen molar-refractivity contribution in [3.05, 3.63) is 29.3 Å². The molecule has 5 N–H and O–H groups in total. The number of para-hydroxylation sites is 1. The van der Waals surface area contributed by atoms with Gasteiger partial charge in [-0.1, -0.05) is 6.07 Å². The lowest BCUT2D eigenvalue weighted by Crippen LogP contribution is -2.24. The van der Waals surface area contributed by atoms with E-state index >= 15 is 0 Å². The second-order valence-corrected chi connectivity index (χ2v) is 3.22. The Kier molecular flexibility index (Phi) is 3.78. The molecule has 0 aliphatic rings. The highest BCUT2D eigenvalue weighted by molar-refractivity contribution is 7.80. The largest absolute Gasteiger partial charge is 0.506 e. The number of benzene rings is 1. The standard InChI is InChI=1S/C9H9N3O3S/c10-9(16)12-11-4-5-2-1-3-6(7(5)13)8(14)15/h1-4,13H,(H,14,15)(H3,10,12,16). The van der Waals surface area contributed by atoms with Gasteiger partial charge in [-0.05, 0) is 24.4 Å². The third-order valence-electron chi connectivity index (χ3n) is 1.68. The van der Waals surface area contributed by atoms with E-state index in [-0.39, 0.29) is 22.0 Å². The number of hydrogen-bond acceptors (Lipinski definition) is 4. The van der Waals surface area contributed by atoms with Crippen LogP contribution in [0.25, 0.3) is 0 Å². The molecule has 0 saturated carbocycles. The summed E-state index contributed by atoms with van der Waals surface area (Å²) in [6.45, 7) is 0. The Morgan fingerprint density at radius 3 is 2.81 bits per heavy atom. The van der Waals surface area contributed by atoms with Crippen LogP contribution in [-0.4, -0.2) is 27.5 Å². The molecule has 84 valence electrons. The molecule has 0 unspecified atom stereocenters. The summed E-state index contributed by atoms with van der Waals surface area (Å²) in [7, 11) is 0. The molecule has 1 aromatic carbocycles. The predicted octanol–water partition coefficient (Wildman–Crippen LogP) is 0.257. The number of carboxylic acid groups (broad SMARTS) is 1. The fourth-order valence-corrected chi connectivity index (χ4v) is 1.06. The van der Waals surface area contributed by atoms with E-state index in [4.69, 9.17) is 10.8 Å². The number of carbonyl (C=O) groups is 1. The van der Waals surface area contributed by atoms with Crippen molar-refractivity contribution in [3.8, 4) is 5.75 Å². The quantitative estimate of drug-likeness (QED) is 0.342. The van der Waals surface area contributed by atoms with Gasteiger partial charge in [0.1, 0.15) is 11.3 Å². The molecule has 1 aromatic rings. The number of nitrogens with two attached hydrogens (primary N) is 1. The minimum Gasteiger partial charge on any atom is -0.506 e. The van der Waals surface area contributed by atoms with E-state index in [1.165, 1.54) is 24.4 Å². The van der Waals surface area contributed by atoms with Gasteiger partial charge in [0.2, 0.25) is 0 Å². The number of phenols is 1. The van der Waals surface area contributed by atoms with Crippen LogP contribution in [-0.2, 0) is 0 Å². The van der Waals surface area contributed by atoms with Gasteiger partial charge >= 0.3 is 5.97 Å². The van der Waals surface area contributed by atoms with Gasteiger partial charge in [-0.15, -0.1) is 0 Å². The van der Waals surface area contributed by atoms with Crippen LogP contribution in [0.1, 0.15) is 15.9 Å². The molecular weight excluding hydrogens is 230 g/mol. The summed E-state index contributed by atoms with van der Waals surface area (Å²) in [5.41, 5.74) is 7.47. The molecule has 0 radical (unpaired) electrons. The normalized spacial score (nSPS) is 10.2. The molecule has 0 aliphatic carbocycles. The van der Waals surface area contributed by atoms with E-state index in [0.717, 1.165) is 0 Å². The van der Waals surface area contributed by atoms with Gasteiger partial charge in [0.25, 0.3) is 0 Å². The van der Waals surface area contributed by atoms with Crippen LogP contribution in [0, 0.1) is 0 Å². The summed E-state index contributed by atoms with van der Waals surface area (Å²) in [5, 5.41) is 21.9. The van der Waals surface area contributed by atoms with E-state index in [9.17, 15) is 9.90 Å². The van der Waals surface area contributed by atoms with Crippen LogP contribution in [0.5, 0.6) is 5.75 Å². The molecule has 1 rings (SSSR count). The molecule has 0 fully saturated rings. The SMILES string of the molecule is NC(=S)NN=Cc1cccc(C(=O)O)c1O. The number of nitrogens with one attached hydrogen (secondary N) is 1. The zero-order valence-electron chi connectivity index (χ0n) is 8.04. The maximum absolute atomic E-state index is 10.7. The lowest BCUT2D eigenvalue weighted by Gasteiger charge is -2.02. The molecule has 0 atom stereocenters. The van der Waals surface area contributed by atoms with Crippen molar-refractivity contribution in [2.75, 3.05) is 0 Å². The molecule has 0 aliphatic heterocycles. The van der Waals surface area contributed by atoms with E-state index in [2.05, 4.69) is 22.7 Å². The molecule has 0 aromatic heterocycles. The van der Waals surface area contributed by atoms with E-state index in [0.29, 0.717) is 0 Å². The van der Waals surface area contributed by atoms with E-state index in [1.807, 2.05) is 0 Å². The van der Waals surface area contributed by atoms with E-state index in [1.54, 1.807) is 0 Å². The number of hydrogen-bond donors (Lipinski definition) is 4. The van der Waals surface area contributed by atoms with Crippen molar-refractivity contribution in [1.82, 2.24) is 5.43 Å². The Balaban J connectivity index is 2.97. The second-order valence-electron chi connectivity index (χ2n) is 2.78. The van der Waals surface area contributed by atoms with Gasteiger partial charge in [0.15, 0.2) is 5.11 Å². The molecule has 7 heteroatoms. The first-order chi connectivity index (χ1) is 7.52. The zero-order valence-corrected chi connectivity index (χ0v) is 8.86. The smallest absolute Gasteiger partial charge is 0.339 e. The third kappa shape index (κ3) is 2.92. The molecule has 0 saturated heterocycles. The second kappa shape index (κ2) is 5.08. The zero-order chi connectivity index (χ0) is 12.1. The maximum Gasteiger partial charge on any atom is 0.339 e. The molecule has 0 spiro atoms. The predicted molar refractivity (Wildman–Crippen MR) is 62.6 cm³/mol. The maximum atomic E-state index is 10.7. The number of thiocarbonyl (C=S) groups is 1. The van der Waals surface area contributed by atoms with Crippen LogP contribution in [0.3, 0.4) is 0 Å². The highest BCUT2D eigenvalue weighted by Crippen LogP contribution is 2.20. The monoisotopic (exact) mass is 239 g/mol. The number of nitrogens with zero attached hydrogens (tertiary/aromatic N) is 1. The Morgan fingerprint density at radius 1 is 1.56 bits per heavy atom. The van der Waals surface area contributed by atoms with Crippen molar-refractivity contribution >= 4 is 29.5 Å². The van der Waals surface area contributed by atoms with Crippen molar-refractivity contribution in [2.24, 2.45) is 10.8 Å². The van der Waals surface area contributed by atoms with Gasteiger partial charge in [-0.3, -0.25) is 5.43 Å². The van der Waals surface area contributed by atoms with Gasteiger partial charge in [0, 0.05) is 5.56 Å².